The van der Waals surface area contributed by atoms with E-state index in [-0.39, 0.29) is 33.5 Å². The summed E-state index contributed by atoms with van der Waals surface area (Å²) in [5.74, 6) is -2.47. The monoisotopic (exact) mass is 488 g/mol. The van der Waals surface area contributed by atoms with Crippen LogP contribution < -0.4 is 14.8 Å². The zero-order valence-electron chi connectivity index (χ0n) is 18.1. The molecule has 13 heteroatoms. The fraction of sp³-hybridized carbons (Fsp3) is 0.286. The number of hydrogen-bond donors (Lipinski definition) is 2. The van der Waals surface area contributed by atoms with Crippen LogP contribution in [0.15, 0.2) is 41.3 Å². The van der Waals surface area contributed by atoms with Crippen molar-refractivity contribution in [1.29, 1.82) is 0 Å². The molecule has 1 aliphatic carbocycles. The number of rotatable bonds is 8. The van der Waals surface area contributed by atoms with Gasteiger partial charge in [0.1, 0.15) is 17.4 Å². The largest absolute Gasteiger partial charge is 0.495 e. The molecule has 2 N–H and O–H groups in total. The van der Waals surface area contributed by atoms with Crippen LogP contribution in [0.4, 0.5) is 11.4 Å². The number of nitro groups is 1. The molecule has 0 aromatic heterocycles. The molecule has 2 aliphatic rings. The second-order valence-electron chi connectivity index (χ2n) is 7.86. The van der Waals surface area contributed by atoms with Crippen LogP contribution in [-0.4, -0.2) is 55.2 Å². The summed E-state index contributed by atoms with van der Waals surface area (Å²) in [5.41, 5.74) is -1.07. The second kappa shape index (κ2) is 8.50. The number of nitro benzene ring substituents is 1. The number of sulfonamides is 1. The Morgan fingerprint density at radius 1 is 1.21 bits per heavy atom. The van der Waals surface area contributed by atoms with Gasteiger partial charge in [0.15, 0.2) is 0 Å². The number of amides is 3. The molecule has 3 amide bonds. The average Bonchev–Trinajstić information content (AvgIpc) is 3.56. The Balaban J connectivity index is 1.60. The molecule has 0 spiro atoms. The lowest BCUT2D eigenvalue weighted by molar-refractivity contribution is -0.385. The highest BCUT2D eigenvalue weighted by atomic mass is 32.2. The second-order valence-corrected chi connectivity index (χ2v) is 9.57. The Morgan fingerprint density at radius 3 is 2.53 bits per heavy atom. The fourth-order valence-electron chi connectivity index (χ4n) is 3.58. The third-order valence-electron chi connectivity index (χ3n) is 5.53. The van der Waals surface area contributed by atoms with Gasteiger partial charge in [0.25, 0.3) is 17.5 Å². The number of ether oxygens (including phenoxy) is 1. The van der Waals surface area contributed by atoms with Gasteiger partial charge in [0, 0.05) is 12.1 Å². The minimum Gasteiger partial charge on any atom is -0.495 e. The van der Waals surface area contributed by atoms with Crippen molar-refractivity contribution in [3.05, 3.63) is 57.6 Å². The third-order valence-corrected chi connectivity index (χ3v) is 7.04. The number of carbonyl (C=O) groups excluding carboxylic acids is 3. The third kappa shape index (κ3) is 4.10. The van der Waals surface area contributed by atoms with E-state index in [9.17, 15) is 32.9 Å². The Bertz CT molecular complexity index is 1340. The summed E-state index contributed by atoms with van der Waals surface area (Å²) in [4.78, 5) is 49.7. The van der Waals surface area contributed by atoms with Crippen LogP contribution in [0.5, 0.6) is 5.75 Å². The number of nitrogens with one attached hydrogen (secondary N) is 2. The number of carbonyl (C=O) groups is 3. The molecule has 34 heavy (non-hydrogen) atoms. The standard InChI is InChI=1S/C21H20N4O8S/c1-11(24-20(27)14-4-3-5-16(25(29)30)18(14)21(24)28)19(26)22-15-10-13(8-9-17(15)33-2)34(31,32)23-12-6-7-12/h3-5,8-12,23H,6-7H2,1-2H3,(H,22,26). The lowest BCUT2D eigenvalue weighted by atomic mass is 10.1. The van der Waals surface area contributed by atoms with E-state index >= 15 is 0 Å². The predicted molar refractivity (Wildman–Crippen MR) is 118 cm³/mol. The van der Waals surface area contributed by atoms with Gasteiger partial charge in [-0.25, -0.2) is 13.1 Å². The molecule has 0 saturated heterocycles. The maximum atomic E-state index is 13.0. The Labute approximate surface area is 194 Å². The lowest BCUT2D eigenvalue weighted by Crippen LogP contribution is -2.45. The van der Waals surface area contributed by atoms with E-state index in [1.807, 2.05) is 0 Å². The first-order chi connectivity index (χ1) is 16.0. The maximum Gasteiger partial charge on any atom is 0.282 e. The molecule has 4 rings (SSSR count). The lowest BCUT2D eigenvalue weighted by Gasteiger charge is -2.22. The van der Waals surface area contributed by atoms with Crippen molar-refractivity contribution in [2.75, 3.05) is 12.4 Å². The van der Waals surface area contributed by atoms with E-state index < -0.39 is 44.4 Å². The van der Waals surface area contributed by atoms with Crippen LogP contribution in [0.1, 0.15) is 40.5 Å². The van der Waals surface area contributed by atoms with Gasteiger partial charge in [-0.05, 0) is 44.0 Å². The molecular formula is C21H20N4O8S. The van der Waals surface area contributed by atoms with Gasteiger partial charge in [-0.3, -0.25) is 29.4 Å². The summed E-state index contributed by atoms with van der Waals surface area (Å²) in [6.45, 7) is 1.28. The summed E-state index contributed by atoms with van der Waals surface area (Å²) in [6, 6.07) is 6.08. The Morgan fingerprint density at radius 2 is 1.91 bits per heavy atom. The van der Waals surface area contributed by atoms with Crippen molar-refractivity contribution in [3.63, 3.8) is 0 Å². The summed E-state index contributed by atoms with van der Waals surface area (Å²) >= 11 is 0. The van der Waals surface area contributed by atoms with Crippen molar-refractivity contribution < 1.29 is 32.5 Å². The van der Waals surface area contributed by atoms with Crippen LogP contribution in [0.3, 0.4) is 0 Å². The molecule has 0 radical (unpaired) electrons. The molecule has 2 aromatic rings. The SMILES string of the molecule is COc1ccc(S(=O)(=O)NC2CC2)cc1NC(=O)C(C)N1C(=O)c2cccc([N+](=O)[O-])c2C1=O. The molecule has 178 valence electrons. The van der Waals surface area contributed by atoms with Crippen LogP contribution in [0.25, 0.3) is 0 Å². The highest BCUT2D eigenvalue weighted by molar-refractivity contribution is 7.89. The highest BCUT2D eigenvalue weighted by Gasteiger charge is 2.45. The van der Waals surface area contributed by atoms with E-state index in [4.69, 9.17) is 4.74 Å². The normalized spacial score (nSPS) is 16.2. The first-order valence-electron chi connectivity index (χ1n) is 10.2. The summed E-state index contributed by atoms with van der Waals surface area (Å²) in [7, 11) is -2.49. The van der Waals surface area contributed by atoms with Gasteiger partial charge in [-0.2, -0.15) is 0 Å². The zero-order chi connectivity index (χ0) is 24.8. The molecule has 12 nitrogen and oxygen atoms in total. The molecule has 1 aliphatic heterocycles. The van der Waals surface area contributed by atoms with Gasteiger partial charge in [-0.15, -0.1) is 0 Å². The van der Waals surface area contributed by atoms with E-state index in [2.05, 4.69) is 10.0 Å². The van der Waals surface area contributed by atoms with Crippen LogP contribution in [-0.2, 0) is 14.8 Å². The number of hydrogen-bond acceptors (Lipinski definition) is 8. The van der Waals surface area contributed by atoms with Crippen molar-refractivity contribution in [2.24, 2.45) is 0 Å². The average molecular weight is 488 g/mol. The van der Waals surface area contributed by atoms with E-state index in [1.165, 1.54) is 44.4 Å². The van der Waals surface area contributed by atoms with Gasteiger partial charge in [0.2, 0.25) is 15.9 Å². The Hall–Kier alpha value is -3.84. The van der Waals surface area contributed by atoms with Gasteiger partial charge in [-0.1, -0.05) is 6.07 Å². The maximum absolute atomic E-state index is 13.0. The smallest absolute Gasteiger partial charge is 0.282 e. The number of anilines is 1. The first kappa shape index (κ1) is 23.3. The Kier molecular flexibility index (Phi) is 5.83. The number of benzene rings is 2. The van der Waals surface area contributed by atoms with E-state index in [0.29, 0.717) is 4.90 Å². The van der Waals surface area contributed by atoms with Crippen molar-refractivity contribution >= 4 is 39.1 Å². The minimum absolute atomic E-state index is 0.0145. The van der Waals surface area contributed by atoms with Gasteiger partial charge < -0.3 is 10.1 Å². The van der Waals surface area contributed by atoms with Crippen molar-refractivity contribution in [1.82, 2.24) is 9.62 Å². The fourth-order valence-corrected chi connectivity index (χ4v) is 4.92. The number of methoxy groups -OCH3 is 1. The quantitative estimate of drug-likeness (QED) is 0.322. The summed E-state index contributed by atoms with van der Waals surface area (Å²) in [5, 5.41) is 13.8. The summed E-state index contributed by atoms with van der Waals surface area (Å²) < 4.78 is 32.8. The molecule has 1 heterocycles. The highest BCUT2D eigenvalue weighted by Crippen LogP contribution is 2.33. The molecule has 1 fully saturated rings. The summed E-state index contributed by atoms with van der Waals surface area (Å²) in [6.07, 6.45) is 1.49. The molecule has 0 bridgehead atoms. The number of nitrogens with zero attached hydrogens (tertiary/aromatic N) is 2. The predicted octanol–water partition coefficient (Wildman–Crippen LogP) is 1.67. The van der Waals surface area contributed by atoms with Gasteiger partial charge >= 0.3 is 0 Å². The van der Waals surface area contributed by atoms with Crippen molar-refractivity contribution in [2.45, 2.75) is 36.7 Å². The van der Waals surface area contributed by atoms with Crippen LogP contribution >= 0.6 is 0 Å². The molecule has 1 unspecified atom stereocenters. The van der Waals surface area contributed by atoms with Crippen LogP contribution in [0, 0.1) is 10.1 Å². The minimum atomic E-state index is -3.82. The number of imide groups is 1. The molecule has 1 atom stereocenters. The van der Waals surface area contributed by atoms with Gasteiger partial charge in [0.05, 0.1) is 28.2 Å². The first-order valence-corrected chi connectivity index (χ1v) is 11.7. The molecule has 1 saturated carbocycles. The van der Waals surface area contributed by atoms with E-state index in [1.54, 1.807) is 0 Å². The molecular weight excluding hydrogens is 468 g/mol. The number of fused-ring (bicyclic) bond motifs is 1. The van der Waals surface area contributed by atoms with Crippen LogP contribution in [0.2, 0.25) is 0 Å². The van der Waals surface area contributed by atoms with E-state index in [0.717, 1.165) is 18.9 Å². The zero-order valence-corrected chi connectivity index (χ0v) is 18.9. The topological polar surface area (TPSA) is 165 Å². The van der Waals surface area contributed by atoms with Crippen molar-refractivity contribution in [3.8, 4) is 5.75 Å². The molecule has 2 aromatic carbocycles.